The summed E-state index contributed by atoms with van der Waals surface area (Å²) < 4.78 is 0. The molecule has 1 amide bonds. The highest BCUT2D eigenvalue weighted by Crippen LogP contribution is 2.26. The lowest BCUT2D eigenvalue weighted by Gasteiger charge is -2.18. The van der Waals surface area contributed by atoms with Crippen LogP contribution in [0.1, 0.15) is 18.6 Å². The van der Waals surface area contributed by atoms with E-state index in [-0.39, 0.29) is 13.3 Å². The van der Waals surface area contributed by atoms with Gasteiger partial charge in [-0.1, -0.05) is 56.0 Å². The zero-order valence-corrected chi connectivity index (χ0v) is 11.2. The van der Waals surface area contributed by atoms with Crippen LogP contribution >= 0.6 is 0 Å². The molecule has 21 heavy (non-hydrogen) atoms. The molecule has 1 heterocycles. The second-order valence-corrected chi connectivity index (χ2v) is 4.70. The van der Waals surface area contributed by atoms with E-state index in [1.807, 2.05) is 54.6 Å². The third-order valence-electron chi connectivity index (χ3n) is 3.42. The molecule has 4 nitrogen and oxygen atoms in total. The van der Waals surface area contributed by atoms with Crippen molar-refractivity contribution in [2.24, 2.45) is 10.7 Å². The van der Waals surface area contributed by atoms with Crippen molar-refractivity contribution in [2.45, 2.75) is 13.6 Å². The van der Waals surface area contributed by atoms with Gasteiger partial charge in [-0.3, -0.25) is 9.79 Å². The average molecular weight is 281 g/mol. The first-order chi connectivity index (χ1) is 9.68. The van der Waals surface area contributed by atoms with Crippen molar-refractivity contribution in [3.8, 4) is 0 Å². The van der Waals surface area contributed by atoms with Crippen molar-refractivity contribution >= 4 is 17.3 Å². The Morgan fingerprint density at radius 2 is 1.67 bits per heavy atom. The van der Waals surface area contributed by atoms with Crippen LogP contribution in [0.25, 0.3) is 0 Å². The van der Waals surface area contributed by atoms with E-state index in [0.29, 0.717) is 0 Å². The SMILES string of the molecule is C.CN1C(=O)C(N)N=C(c2ccccc2)c2ccccc21. The summed E-state index contributed by atoms with van der Waals surface area (Å²) in [4.78, 5) is 18.2. The van der Waals surface area contributed by atoms with Crippen LogP contribution in [-0.4, -0.2) is 24.8 Å². The molecule has 108 valence electrons. The van der Waals surface area contributed by atoms with E-state index in [4.69, 9.17) is 5.73 Å². The van der Waals surface area contributed by atoms with Crippen molar-refractivity contribution in [3.63, 3.8) is 0 Å². The highest BCUT2D eigenvalue weighted by atomic mass is 16.2. The molecule has 1 unspecified atom stereocenters. The molecule has 0 spiro atoms. The normalized spacial score (nSPS) is 17.4. The first kappa shape index (κ1) is 14.9. The van der Waals surface area contributed by atoms with Gasteiger partial charge < -0.3 is 10.6 Å². The van der Waals surface area contributed by atoms with E-state index in [9.17, 15) is 4.79 Å². The first-order valence-electron chi connectivity index (χ1n) is 6.44. The Hall–Kier alpha value is -2.46. The van der Waals surface area contributed by atoms with E-state index in [0.717, 1.165) is 22.5 Å². The Balaban J connectivity index is 0.00000161. The van der Waals surface area contributed by atoms with E-state index < -0.39 is 6.17 Å². The molecule has 0 bridgehead atoms. The molecular weight excluding hydrogens is 262 g/mol. The van der Waals surface area contributed by atoms with Gasteiger partial charge >= 0.3 is 0 Å². The van der Waals surface area contributed by atoms with Crippen LogP contribution in [0.2, 0.25) is 0 Å². The van der Waals surface area contributed by atoms with Gasteiger partial charge in [-0.05, 0) is 6.07 Å². The molecule has 4 heteroatoms. The van der Waals surface area contributed by atoms with E-state index in [1.54, 1.807) is 11.9 Å². The Morgan fingerprint density at radius 1 is 1.05 bits per heavy atom. The number of amides is 1. The van der Waals surface area contributed by atoms with Crippen LogP contribution in [0, 0.1) is 0 Å². The molecule has 1 aliphatic rings. The highest BCUT2D eigenvalue weighted by Gasteiger charge is 2.26. The smallest absolute Gasteiger partial charge is 0.266 e. The topological polar surface area (TPSA) is 58.7 Å². The van der Waals surface area contributed by atoms with Crippen molar-refractivity contribution < 1.29 is 4.79 Å². The Bertz CT molecular complexity index is 679. The lowest BCUT2D eigenvalue weighted by atomic mass is 10.0. The number of benzodiazepines with no additional fused rings is 1. The van der Waals surface area contributed by atoms with Gasteiger partial charge in [0, 0.05) is 18.2 Å². The van der Waals surface area contributed by atoms with E-state index >= 15 is 0 Å². The minimum Gasteiger partial charge on any atom is -0.312 e. The molecule has 1 atom stereocenters. The quantitative estimate of drug-likeness (QED) is 0.872. The number of likely N-dealkylation sites (N-methyl/N-ethyl adjacent to an activating group) is 1. The summed E-state index contributed by atoms with van der Waals surface area (Å²) >= 11 is 0. The average Bonchev–Trinajstić information content (AvgIpc) is 2.60. The summed E-state index contributed by atoms with van der Waals surface area (Å²) in [5.74, 6) is -0.205. The molecule has 2 aromatic carbocycles. The predicted octanol–water partition coefficient (Wildman–Crippen LogP) is 2.42. The van der Waals surface area contributed by atoms with Crippen LogP contribution in [0.3, 0.4) is 0 Å². The van der Waals surface area contributed by atoms with Gasteiger partial charge in [-0.2, -0.15) is 0 Å². The van der Waals surface area contributed by atoms with Gasteiger partial charge in [0.25, 0.3) is 5.91 Å². The third kappa shape index (κ3) is 2.58. The van der Waals surface area contributed by atoms with Gasteiger partial charge in [-0.25, -0.2) is 0 Å². The van der Waals surface area contributed by atoms with Crippen molar-refractivity contribution in [1.82, 2.24) is 0 Å². The highest BCUT2D eigenvalue weighted by molar-refractivity contribution is 6.19. The number of fused-ring (bicyclic) bond motifs is 1. The molecule has 2 aromatic rings. The Kier molecular flexibility index (Phi) is 4.19. The largest absolute Gasteiger partial charge is 0.312 e. The fraction of sp³-hybridized carbons (Fsp3) is 0.176. The Labute approximate surface area is 124 Å². The maximum atomic E-state index is 12.2. The number of para-hydroxylation sites is 1. The number of hydrogen-bond acceptors (Lipinski definition) is 3. The number of rotatable bonds is 1. The number of benzene rings is 2. The summed E-state index contributed by atoms with van der Waals surface area (Å²) in [5, 5.41) is 0. The van der Waals surface area contributed by atoms with Gasteiger partial charge in [0.15, 0.2) is 6.17 Å². The van der Waals surface area contributed by atoms with Crippen molar-refractivity contribution in [2.75, 3.05) is 11.9 Å². The number of carbonyl (C=O) groups is 1. The number of carbonyl (C=O) groups excluding carboxylic acids is 1. The number of aliphatic imine (C=N–C) groups is 1. The van der Waals surface area contributed by atoms with Crippen LogP contribution in [0.15, 0.2) is 59.6 Å². The molecule has 0 aromatic heterocycles. The first-order valence-corrected chi connectivity index (χ1v) is 6.44. The molecular formula is C17H19N3O. The molecule has 0 saturated carbocycles. The lowest BCUT2D eigenvalue weighted by Crippen LogP contribution is -2.39. The van der Waals surface area contributed by atoms with Crippen LogP contribution < -0.4 is 10.6 Å². The number of anilines is 1. The zero-order chi connectivity index (χ0) is 14.1. The van der Waals surface area contributed by atoms with Gasteiger partial charge in [0.2, 0.25) is 0 Å². The van der Waals surface area contributed by atoms with Crippen molar-refractivity contribution in [1.29, 1.82) is 0 Å². The zero-order valence-electron chi connectivity index (χ0n) is 11.2. The van der Waals surface area contributed by atoms with Gasteiger partial charge in [0.05, 0.1) is 11.4 Å². The summed E-state index contributed by atoms with van der Waals surface area (Å²) in [6.45, 7) is 0. The second-order valence-electron chi connectivity index (χ2n) is 4.70. The number of hydrogen-bond donors (Lipinski definition) is 1. The maximum Gasteiger partial charge on any atom is 0.266 e. The molecule has 0 fully saturated rings. The molecule has 1 aliphatic heterocycles. The number of nitrogens with two attached hydrogens (primary N) is 1. The van der Waals surface area contributed by atoms with E-state index in [2.05, 4.69) is 4.99 Å². The summed E-state index contributed by atoms with van der Waals surface area (Å²) in [7, 11) is 1.73. The monoisotopic (exact) mass is 281 g/mol. The summed E-state index contributed by atoms with van der Waals surface area (Å²) in [6.07, 6.45) is -0.873. The second kappa shape index (κ2) is 5.89. The molecule has 0 aliphatic carbocycles. The molecule has 0 radical (unpaired) electrons. The minimum atomic E-state index is -0.873. The van der Waals surface area contributed by atoms with Crippen LogP contribution in [-0.2, 0) is 4.79 Å². The van der Waals surface area contributed by atoms with Crippen LogP contribution in [0.4, 0.5) is 5.69 Å². The number of nitrogens with zero attached hydrogens (tertiary/aromatic N) is 2. The van der Waals surface area contributed by atoms with Gasteiger partial charge in [0.1, 0.15) is 0 Å². The summed E-state index contributed by atoms with van der Waals surface area (Å²) in [6, 6.07) is 17.5. The fourth-order valence-corrected chi connectivity index (χ4v) is 2.37. The maximum absolute atomic E-state index is 12.2. The molecule has 0 saturated heterocycles. The summed E-state index contributed by atoms with van der Waals surface area (Å²) in [5.41, 5.74) is 9.36. The van der Waals surface area contributed by atoms with E-state index in [1.165, 1.54) is 0 Å². The Morgan fingerprint density at radius 3 is 2.38 bits per heavy atom. The minimum absolute atomic E-state index is 0. The van der Waals surface area contributed by atoms with Crippen molar-refractivity contribution in [3.05, 3.63) is 65.7 Å². The predicted molar refractivity (Wildman–Crippen MR) is 86.6 cm³/mol. The van der Waals surface area contributed by atoms with Crippen LogP contribution in [0.5, 0.6) is 0 Å². The third-order valence-corrected chi connectivity index (χ3v) is 3.42. The lowest BCUT2D eigenvalue weighted by molar-refractivity contribution is -0.119. The standard InChI is InChI=1S/C16H15N3O.CH4/c1-19-13-10-6-5-9-12(13)14(18-15(17)16(19)20)11-7-3-2-4-8-11;/h2-10,15H,17H2,1H3;1H4. The molecule has 2 N–H and O–H groups in total. The van der Waals surface area contributed by atoms with Gasteiger partial charge in [-0.15, -0.1) is 0 Å². The molecule has 3 rings (SSSR count). The fourth-order valence-electron chi connectivity index (χ4n) is 2.37.